The van der Waals surface area contributed by atoms with Gasteiger partial charge in [0, 0.05) is 18.7 Å². The lowest BCUT2D eigenvalue weighted by Crippen LogP contribution is -2.48. The molecule has 254 valence electrons. The summed E-state index contributed by atoms with van der Waals surface area (Å²) < 4.78 is 13.9. The van der Waals surface area contributed by atoms with Crippen molar-refractivity contribution in [1.82, 2.24) is 10.6 Å². The summed E-state index contributed by atoms with van der Waals surface area (Å²) in [5.41, 5.74) is 4.40. The van der Waals surface area contributed by atoms with Crippen LogP contribution in [0.3, 0.4) is 0 Å². The van der Waals surface area contributed by atoms with Gasteiger partial charge in [-0.2, -0.15) is 0 Å². The largest absolute Gasteiger partial charge is 0.493 e. The number of rotatable bonds is 23. The molecular weight excluding hydrogens is 576 g/mol. The van der Waals surface area contributed by atoms with E-state index in [2.05, 4.69) is 88.4 Å². The van der Waals surface area contributed by atoms with Gasteiger partial charge < -0.3 is 29.1 Å². The summed E-state index contributed by atoms with van der Waals surface area (Å²) in [6.07, 6.45) is 9.07. The molecule has 0 unspecified atom stereocenters. The van der Waals surface area contributed by atoms with Crippen LogP contribution in [0.5, 0.6) is 11.5 Å². The van der Waals surface area contributed by atoms with E-state index in [-0.39, 0.29) is 11.8 Å². The second-order valence-corrected chi connectivity index (χ2v) is 13.3. The molecule has 2 N–H and O–H groups in total. The number of ether oxygens (including phenoxy) is 2. The van der Waals surface area contributed by atoms with Gasteiger partial charge in [0.05, 0.1) is 54.5 Å². The number of hydrogen-bond acceptors (Lipinski definition) is 4. The van der Waals surface area contributed by atoms with Crippen LogP contribution in [-0.4, -0.2) is 101 Å². The van der Waals surface area contributed by atoms with Gasteiger partial charge in [-0.15, -0.1) is 13.2 Å². The zero-order chi connectivity index (χ0) is 34.0. The van der Waals surface area contributed by atoms with Crippen LogP contribution < -0.4 is 20.1 Å². The molecule has 8 nitrogen and oxygen atoms in total. The fourth-order valence-corrected chi connectivity index (χ4v) is 5.51. The SMILES string of the molecule is C=CCc1ccc(OCCCC[N+](C)(C)CC(=O)NCC)c(-c2ccc(OCCCC[N+](C)(C)CC(=O)NCC)c(CC=C)c2)c1. The third kappa shape index (κ3) is 14.2. The smallest absolute Gasteiger partial charge is 0.275 e. The molecule has 0 aromatic heterocycles. The molecule has 2 amide bonds. The van der Waals surface area contributed by atoms with E-state index < -0.39 is 0 Å². The molecule has 0 bridgehead atoms. The Morgan fingerprint density at radius 3 is 1.76 bits per heavy atom. The fourth-order valence-electron chi connectivity index (χ4n) is 5.51. The second kappa shape index (κ2) is 19.8. The summed E-state index contributed by atoms with van der Waals surface area (Å²) in [7, 11) is 8.38. The first-order valence-electron chi connectivity index (χ1n) is 16.8. The summed E-state index contributed by atoms with van der Waals surface area (Å²) in [4.78, 5) is 24.0. The van der Waals surface area contributed by atoms with Crippen LogP contribution in [0.2, 0.25) is 0 Å². The Hall–Kier alpha value is -3.62. The number of nitrogens with zero attached hydrogens (tertiary/aromatic N) is 2. The van der Waals surface area contributed by atoms with Crippen molar-refractivity contribution in [1.29, 1.82) is 0 Å². The van der Waals surface area contributed by atoms with Crippen LogP contribution in [0.25, 0.3) is 11.1 Å². The Labute approximate surface area is 278 Å². The van der Waals surface area contributed by atoms with Crippen LogP contribution in [0.4, 0.5) is 0 Å². The Kier molecular flexibility index (Phi) is 16.6. The molecule has 46 heavy (non-hydrogen) atoms. The molecule has 2 aromatic carbocycles. The molecule has 0 aliphatic rings. The number of benzene rings is 2. The molecule has 0 aliphatic carbocycles. The summed E-state index contributed by atoms with van der Waals surface area (Å²) in [6.45, 7) is 17.1. The van der Waals surface area contributed by atoms with Gasteiger partial charge in [-0.05, 0) is 93.3 Å². The van der Waals surface area contributed by atoms with Gasteiger partial charge in [-0.25, -0.2) is 0 Å². The van der Waals surface area contributed by atoms with E-state index in [9.17, 15) is 9.59 Å². The Bertz CT molecular complexity index is 1270. The van der Waals surface area contributed by atoms with Gasteiger partial charge in [-0.3, -0.25) is 9.59 Å². The highest BCUT2D eigenvalue weighted by atomic mass is 16.5. The van der Waals surface area contributed by atoms with E-state index in [0.29, 0.717) is 54.8 Å². The van der Waals surface area contributed by atoms with Crippen molar-refractivity contribution in [3.05, 3.63) is 72.8 Å². The van der Waals surface area contributed by atoms with Crippen LogP contribution in [0.15, 0.2) is 61.7 Å². The number of carbonyl (C=O) groups excluding carboxylic acids is 2. The van der Waals surface area contributed by atoms with Gasteiger partial charge in [0.15, 0.2) is 13.1 Å². The second-order valence-electron chi connectivity index (χ2n) is 13.3. The molecule has 0 fully saturated rings. The van der Waals surface area contributed by atoms with Crippen molar-refractivity contribution in [2.24, 2.45) is 0 Å². The van der Waals surface area contributed by atoms with E-state index in [4.69, 9.17) is 9.47 Å². The third-order valence-corrected chi connectivity index (χ3v) is 7.88. The average molecular weight is 637 g/mol. The van der Waals surface area contributed by atoms with Crippen molar-refractivity contribution in [3.8, 4) is 22.6 Å². The molecule has 2 aromatic rings. The summed E-state index contributed by atoms with van der Waals surface area (Å²) in [6, 6.07) is 12.7. The maximum atomic E-state index is 12.0. The van der Waals surface area contributed by atoms with E-state index in [1.165, 1.54) is 5.56 Å². The Morgan fingerprint density at radius 2 is 1.24 bits per heavy atom. The van der Waals surface area contributed by atoms with Crippen LogP contribution in [-0.2, 0) is 22.4 Å². The predicted molar refractivity (Wildman–Crippen MR) is 190 cm³/mol. The zero-order valence-corrected chi connectivity index (χ0v) is 29.5. The molecule has 0 atom stereocenters. The number of allylic oxidation sites excluding steroid dienone is 2. The average Bonchev–Trinajstić information content (AvgIpc) is 2.98. The number of nitrogens with one attached hydrogen (secondary N) is 2. The van der Waals surface area contributed by atoms with Gasteiger partial charge in [0.1, 0.15) is 11.5 Å². The van der Waals surface area contributed by atoms with Crippen molar-refractivity contribution in [3.63, 3.8) is 0 Å². The molecule has 2 rings (SSSR count). The van der Waals surface area contributed by atoms with Gasteiger partial charge in [0.25, 0.3) is 11.8 Å². The topological polar surface area (TPSA) is 76.7 Å². The highest BCUT2D eigenvalue weighted by Gasteiger charge is 2.20. The molecule has 0 aliphatic heterocycles. The van der Waals surface area contributed by atoms with E-state index in [1.54, 1.807) is 0 Å². The van der Waals surface area contributed by atoms with Crippen molar-refractivity contribution < 1.29 is 28.0 Å². The lowest BCUT2D eigenvalue weighted by molar-refractivity contribution is -0.882. The molecular formula is C38H60N4O4+2. The quantitative estimate of drug-likeness (QED) is 0.0953. The molecule has 0 heterocycles. The van der Waals surface area contributed by atoms with Gasteiger partial charge in [-0.1, -0.05) is 24.3 Å². The van der Waals surface area contributed by atoms with E-state index in [0.717, 1.165) is 73.4 Å². The van der Waals surface area contributed by atoms with Crippen LogP contribution in [0, 0.1) is 0 Å². The van der Waals surface area contributed by atoms with Crippen molar-refractivity contribution in [2.75, 3.05) is 80.7 Å². The number of likely N-dealkylation sites (N-methyl/N-ethyl adjacent to an activating group) is 4. The van der Waals surface area contributed by atoms with Crippen LogP contribution >= 0.6 is 0 Å². The third-order valence-electron chi connectivity index (χ3n) is 7.88. The summed E-state index contributed by atoms with van der Waals surface area (Å²) in [5.74, 6) is 1.91. The fraction of sp³-hybridized carbons (Fsp3) is 0.526. The maximum absolute atomic E-state index is 12.0. The van der Waals surface area contributed by atoms with Gasteiger partial charge in [0.2, 0.25) is 0 Å². The first kappa shape index (κ1) is 38.6. The minimum absolute atomic E-state index is 0.0912. The molecule has 0 radical (unpaired) electrons. The molecule has 0 saturated carbocycles. The van der Waals surface area contributed by atoms with Crippen molar-refractivity contribution >= 4 is 11.8 Å². The summed E-state index contributed by atoms with van der Waals surface area (Å²) in [5, 5.41) is 5.78. The highest BCUT2D eigenvalue weighted by molar-refractivity contribution is 5.77. The molecule has 0 saturated heterocycles. The number of unbranched alkanes of at least 4 members (excludes halogenated alkanes) is 2. The zero-order valence-electron chi connectivity index (χ0n) is 29.5. The summed E-state index contributed by atoms with van der Waals surface area (Å²) >= 11 is 0. The lowest BCUT2D eigenvalue weighted by Gasteiger charge is -2.29. The number of hydrogen-bond donors (Lipinski definition) is 2. The monoisotopic (exact) mass is 636 g/mol. The first-order valence-corrected chi connectivity index (χ1v) is 16.8. The first-order chi connectivity index (χ1) is 21.9. The molecule has 8 heteroatoms. The van der Waals surface area contributed by atoms with Gasteiger partial charge >= 0.3 is 0 Å². The number of amides is 2. The van der Waals surface area contributed by atoms with Crippen LogP contribution in [0.1, 0.15) is 50.7 Å². The Morgan fingerprint density at radius 1 is 0.717 bits per heavy atom. The van der Waals surface area contributed by atoms with E-state index in [1.807, 2.05) is 26.0 Å². The normalized spacial score (nSPS) is 11.5. The standard InChI is InChI=1S/C38H58N4O4/c1-9-17-31-19-21-36(46-26-16-14-24-42(7,8)30-38(44)40-12-4)34(27-31)32-20-22-35(33(28-32)18-10-2)45-25-15-13-23-41(5,6)29-37(43)39-11-3/h9-10,19-22,27-28H,1-2,11-18,23-26,29-30H2,3-8H3/p+2. The predicted octanol–water partition coefficient (Wildman–Crippen LogP) is 5.55. The van der Waals surface area contributed by atoms with E-state index >= 15 is 0 Å². The highest BCUT2D eigenvalue weighted by Crippen LogP contribution is 2.35. The maximum Gasteiger partial charge on any atom is 0.275 e. The number of carbonyl (C=O) groups is 2. The minimum atomic E-state index is 0.0912. The minimum Gasteiger partial charge on any atom is -0.493 e. The number of quaternary nitrogens is 2. The molecule has 0 spiro atoms. The Balaban J connectivity index is 2.06. The van der Waals surface area contributed by atoms with Crippen molar-refractivity contribution in [2.45, 2.75) is 52.4 Å². The lowest BCUT2D eigenvalue weighted by atomic mass is 9.97.